The minimum absolute atomic E-state index is 0.0623. The van der Waals surface area contributed by atoms with Gasteiger partial charge >= 0.3 is 5.97 Å². The molecule has 1 amide bonds. The van der Waals surface area contributed by atoms with Crippen LogP contribution in [0.2, 0.25) is 0 Å². The van der Waals surface area contributed by atoms with Gasteiger partial charge in [0.15, 0.2) is 6.10 Å². The molecular weight excluding hydrogens is 332 g/mol. The van der Waals surface area contributed by atoms with E-state index in [4.69, 9.17) is 4.74 Å². The van der Waals surface area contributed by atoms with Gasteiger partial charge in [0.05, 0.1) is 4.90 Å². The maximum atomic E-state index is 12.2. The molecule has 2 N–H and O–H groups in total. The van der Waals surface area contributed by atoms with Gasteiger partial charge in [-0.2, -0.15) is 4.72 Å². The van der Waals surface area contributed by atoms with Crippen LogP contribution in [-0.4, -0.2) is 38.5 Å². The van der Waals surface area contributed by atoms with Gasteiger partial charge in [0.2, 0.25) is 10.0 Å². The number of hydrogen-bond donors (Lipinski definition) is 2. The van der Waals surface area contributed by atoms with Crippen molar-refractivity contribution in [2.75, 3.05) is 0 Å². The summed E-state index contributed by atoms with van der Waals surface area (Å²) in [6.07, 6.45) is 0.891. The van der Waals surface area contributed by atoms with Crippen molar-refractivity contribution in [3.05, 3.63) is 29.8 Å². The molecule has 0 aliphatic heterocycles. The maximum absolute atomic E-state index is 12.2. The third-order valence-corrected chi connectivity index (χ3v) is 5.16. The predicted molar refractivity (Wildman–Crippen MR) is 87.7 cm³/mol. The van der Waals surface area contributed by atoms with E-state index in [9.17, 15) is 18.0 Å². The summed E-state index contributed by atoms with van der Waals surface area (Å²) in [7, 11) is -3.84. The van der Waals surface area contributed by atoms with Gasteiger partial charge in [-0.3, -0.25) is 9.59 Å². The minimum Gasteiger partial charge on any atom is -0.451 e. The molecule has 0 heterocycles. The van der Waals surface area contributed by atoms with Crippen LogP contribution in [0.5, 0.6) is 0 Å². The van der Waals surface area contributed by atoms with Gasteiger partial charge in [0.1, 0.15) is 6.04 Å². The molecule has 132 valence electrons. The Morgan fingerprint density at radius 3 is 2.29 bits per heavy atom. The van der Waals surface area contributed by atoms with Crippen LogP contribution in [0.4, 0.5) is 0 Å². The lowest BCUT2D eigenvalue weighted by Gasteiger charge is -2.17. The number of carbonyl (C=O) groups excluding carboxylic acids is 2. The number of nitrogens with one attached hydrogen (secondary N) is 2. The fourth-order valence-electron chi connectivity index (χ4n) is 1.94. The van der Waals surface area contributed by atoms with Gasteiger partial charge in [-0.1, -0.05) is 17.7 Å². The molecule has 24 heavy (non-hydrogen) atoms. The van der Waals surface area contributed by atoms with Crippen molar-refractivity contribution in [1.29, 1.82) is 0 Å². The van der Waals surface area contributed by atoms with Crippen LogP contribution in [0.25, 0.3) is 0 Å². The topological polar surface area (TPSA) is 102 Å². The predicted octanol–water partition coefficient (Wildman–Crippen LogP) is 0.872. The standard InChI is InChI=1S/C16H22N2O5S/c1-10-4-8-14(9-5-10)24(21,22)18-11(2)16(20)23-12(3)15(19)17-13-6-7-13/h4-5,8-9,11-13,18H,6-7H2,1-3H3,(H,17,19)/t11-,12+/m0/s1. The average molecular weight is 354 g/mol. The summed E-state index contributed by atoms with van der Waals surface area (Å²) in [4.78, 5) is 23.8. The molecule has 0 aromatic heterocycles. The normalized spacial score (nSPS) is 17.0. The van der Waals surface area contributed by atoms with E-state index >= 15 is 0 Å². The zero-order valence-corrected chi connectivity index (χ0v) is 14.7. The second-order valence-electron chi connectivity index (χ2n) is 6.02. The van der Waals surface area contributed by atoms with E-state index in [1.807, 2.05) is 6.92 Å². The van der Waals surface area contributed by atoms with Crippen LogP contribution in [0.1, 0.15) is 32.3 Å². The lowest BCUT2D eigenvalue weighted by molar-refractivity contribution is -0.156. The number of esters is 1. The van der Waals surface area contributed by atoms with Gasteiger partial charge in [-0.25, -0.2) is 8.42 Å². The molecule has 1 aromatic carbocycles. The van der Waals surface area contributed by atoms with E-state index in [1.54, 1.807) is 12.1 Å². The van der Waals surface area contributed by atoms with E-state index < -0.39 is 28.1 Å². The summed E-state index contributed by atoms with van der Waals surface area (Å²) >= 11 is 0. The number of ether oxygens (including phenoxy) is 1. The summed E-state index contributed by atoms with van der Waals surface area (Å²) in [5.41, 5.74) is 0.928. The molecule has 1 saturated carbocycles. The summed E-state index contributed by atoms with van der Waals surface area (Å²) < 4.78 is 31.7. The summed E-state index contributed by atoms with van der Waals surface area (Å²) in [6, 6.07) is 5.32. The second-order valence-corrected chi connectivity index (χ2v) is 7.73. The fraction of sp³-hybridized carbons (Fsp3) is 0.500. The van der Waals surface area contributed by atoms with Crippen LogP contribution in [0.15, 0.2) is 29.2 Å². The van der Waals surface area contributed by atoms with Gasteiger partial charge in [-0.05, 0) is 45.7 Å². The first-order valence-corrected chi connectivity index (χ1v) is 9.27. The quantitative estimate of drug-likeness (QED) is 0.708. The molecule has 7 nitrogen and oxygen atoms in total. The molecule has 2 atom stereocenters. The highest BCUT2D eigenvalue weighted by Gasteiger charge is 2.29. The van der Waals surface area contributed by atoms with Gasteiger partial charge < -0.3 is 10.1 Å². The van der Waals surface area contributed by atoms with Crippen molar-refractivity contribution >= 4 is 21.9 Å². The van der Waals surface area contributed by atoms with Crippen molar-refractivity contribution in [3.8, 4) is 0 Å². The molecule has 0 saturated heterocycles. The Morgan fingerprint density at radius 1 is 1.17 bits per heavy atom. The molecular formula is C16H22N2O5S. The molecule has 1 aliphatic carbocycles. The Labute approximate surface area is 141 Å². The van der Waals surface area contributed by atoms with Crippen LogP contribution in [0.3, 0.4) is 0 Å². The SMILES string of the molecule is Cc1ccc(S(=O)(=O)N[C@@H](C)C(=O)O[C@H](C)C(=O)NC2CC2)cc1. The van der Waals surface area contributed by atoms with Crippen molar-refractivity contribution in [2.24, 2.45) is 0 Å². The Morgan fingerprint density at radius 2 is 1.75 bits per heavy atom. The van der Waals surface area contributed by atoms with Crippen LogP contribution < -0.4 is 10.0 Å². The van der Waals surface area contributed by atoms with Gasteiger partial charge in [0, 0.05) is 6.04 Å². The van der Waals surface area contributed by atoms with Gasteiger partial charge in [-0.15, -0.1) is 0 Å². The molecule has 0 unspecified atom stereocenters. The Bertz CT molecular complexity index is 710. The van der Waals surface area contributed by atoms with E-state index in [0.29, 0.717) is 0 Å². The summed E-state index contributed by atoms with van der Waals surface area (Å²) in [6.45, 7) is 4.67. The smallest absolute Gasteiger partial charge is 0.324 e. The number of amides is 1. The Balaban J connectivity index is 1.92. The molecule has 0 bridgehead atoms. The molecule has 8 heteroatoms. The first kappa shape index (κ1) is 18.4. The largest absolute Gasteiger partial charge is 0.451 e. The third-order valence-electron chi connectivity index (χ3n) is 3.60. The molecule has 2 rings (SSSR count). The Hall–Kier alpha value is -1.93. The molecule has 1 aromatic rings. The second kappa shape index (κ2) is 7.31. The van der Waals surface area contributed by atoms with Crippen molar-refractivity contribution in [3.63, 3.8) is 0 Å². The highest BCUT2D eigenvalue weighted by Crippen LogP contribution is 2.19. The lowest BCUT2D eigenvalue weighted by Crippen LogP contribution is -2.43. The first-order valence-electron chi connectivity index (χ1n) is 7.79. The number of benzene rings is 1. The van der Waals surface area contributed by atoms with Crippen LogP contribution in [0, 0.1) is 6.92 Å². The average Bonchev–Trinajstić information content (AvgIpc) is 3.31. The fourth-order valence-corrected chi connectivity index (χ4v) is 3.13. The maximum Gasteiger partial charge on any atom is 0.324 e. The number of carbonyl (C=O) groups is 2. The first-order chi connectivity index (χ1) is 11.2. The number of sulfonamides is 1. The number of aryl methyl sites for hydroxylation is 1. The third kappa shape index (κ3) is 5.04. The lowest BCUT2D eigenvalue weighted by atomic mass is 10.2. The number of hydrogen-bond acceptors (Lipinski definition) is 5. The van der Waals surface area contributed by atoms with Crippen LogP contribution >= 0.6 is 0 Å². The van der Waals surface area contributed by atoms with Crippen LogP contribution in [-0.2, 0) is 24.3 Å². The highest BCUT2D eigenvalue weighted by atomic mass is 32.2. The molecule has 1 fully saturated rings. The Kier molecular flexibility index (Phi) is 5.61. The van der Waals surface area contributed by atoms with Gasteiger partial charge in [0.25, 0.3) is 5.91 Å². The monoisotopic (exact) mass is 354 g/mol. The zero-order chi connectivity index (χ0) is 17.9. The molecule has 0 spiro atoms. The zero-order valence-electron chi connectivity index (χ0n) is 13.9. The molecule has 1 aliphatic rings. The number of rotatable bonds is 7. The van der Waals surface area contributed by atoms with E-state index in [2.05, 4.69) is 10.0 Å². The van der Waals surface area contributed by atoms with Crippen molar-refractivity contribution in [2.45, 2.75) is 56.7 Å². The molecule has 0 radical (unpaired) electrons. The highest BCUT2D eigenvalue weighted by molar-refractivity contribution is 7.89. The van der Waals surface area contributed by atoms with E-state index in [0.717, 1.165) is 18.4 Å². The van der Waals surface area contributed by atoms with Crippen molar-refractivity contribution < 1.29 is 22.7 Å². The minimum atomic E-state index is -3.84. The van der Waals surface area contributed by atoms with Crippen molar-refractivity contribution in [1.82, 2.24) is 10.0 Å². The summed E-state index contributed by atoms with van der Waals surface area (Å²) in [5, 5.41) is 2.72. The summed E-state index contributed by atoms with van der Waals surface area (Å²) in [5.74, 6) is -1.18. The van der Waals surface area contributed by atoms with E-state index in [1.165, 1.54) is 26.0 Å². The van der Waals surface area contributed by atoms with E-state index in [-0.39, 0.29) is 16.8 Å².